The SMILES string of the molecule is CN(C)CCOc1cccc(C2Oc3ccccc3OC2C(=O)O)c1. The van der Waals surface area contributed by atoms with Crippen molar-refractivity contribution in [3.05, 3.63) is 54.1 Å². The minimum absolute atomic E-state index is 0.435. The van der Waals surface area contributed by atoms with E-state index in [9.17, 15) is 9.90 Å². The highest BCUT2D eigenvalue weighted by atomic mass is 16.6. The van der Waals surface area contributed by atoms with Crippen LogP contribution in [0.1, 0.15) is 11.7 Å². The van der Waals surface area contributed by atoms with Gasteiger partial charge in [0.15, 0.2) is 17.6 Å². The highest BCUT2D eigenvalue weighted by molar-refractivity contribution is 5.75. The Morgan fingerprint density at radius 3 is 2.52 bits per heavy atom. The molecule has 132 valence electrons. The number of hydrogen-bond acceptors (Lipinski definition) is 5. The number of likely N-dealkylation sites (N-methyl/N-ethyl adjacent to an activating group) is 1. The Bertz CT molecular complexity index is 746. The molecule has 0 saturated carbocycles. The van der Waals surface area contributed by atoms with Crippen LogP contribution in [-0.2, 0) is 4.79 Å². The van der Waals surface area contributed by atoms with Gasteiger partial charge in [-0.1, -0.05) is 24.3 Å². The fourth-order valence-corrected chi connectivity index (χ4v) is 2.59. The van der Waals surface area contributed by atoms with Gasteiger partial charge in [0.1, 0.15) is 12.4 Å². The standard InChI is InChI=1S/C19H21NO5/c1-20(2)10-11-23-14-7-5-6-13(12-14)17-18(19(21)22)25-16-9-4-3-8-15(16)24-17/h3-9,12,17-18H,10-11H2,1-2H3,(H,21,22). The Kier molecular flexibility index (Phi) is 5.09. The zero-order valence-electron chi connectivity index (χ0n) is 14.2. The number of nitrogens with zero attached hydrogens (tertiary/aromatic N) is 1. The van der Waals surface area contributed by atoms with E-state index >= 15 is 0 Å². The summed E-state index contributed by atoms with van der Waals surface area (Å²) in [4.78, 5) is 13.7. The second-order valence-corrected chi connectivity index (χ2v) is 6.09. The fraction of sp³-hybridized carbons (Fsp3) is 0.316. The quantitative estimate of drug-likeness (QED) is 0.869. The molecular formula is C19H21NO5. The largest absolute Gasteiger partial charge is 0.492 e. The van der Waals surface area contributed by atoms with Crippen molar-refractivity contribution in [2.24, 2.45) is 0 Å². The molecule has 0 saturated heterocycles. The number of ether oxygens (including phenoxy) is 3. The van der Waals surface area contributed by atoms with Gasteiger partial charge < -0.3 is 24.2 Å². The van der Waals surface area contributed by atoms with E-state index in [4.69, 9.17) is 14.2 Å². The molecule has 1 heterocycles. The van der Waals surface area contributed by atoms with Gasteiger partial charge in [0.25, 0.3) is 0 Å². The first-order chi connectivity index (χ1) is 12.0. The Morgan fingerprint density at radius 1 is 1.12 bits per heavy atom. The van der Waals surface area contributed by atoms with E-state index in [1.807, 2.05) is 43.3 Å². The van der Waals surface area contributed by atoms with Crippen LogP contribution >= 0.6 is 0 Å². The van der Waals surface area contributed by atoms with Crippen molar-refractivity contribution in [1.82, 2.24) is 4.90 Å². The van der Waals surface area contributed by atoms with E-state index < -0.39 is 18.2 Å². The number of hydrogen-bond donors (Lipinski definition) is 1. The Balaban J connectivity index is 1.82. The van der Waals surface area contributed by atoms with E-state index in [0.29, 0.717) is 29.4 Å². The topological polar surface area (TPSA) is 68.2 Å². The normalized spacial score (nSPS) is 18.8. The van der Waals surface area contributed by atoms with E-state index in [0.717, 1.165) is 6.54 Å². The lowest BCUT2D eigenvalue weighted by atomic mass is 10.0. The van der Waals surface area contributed by atoms with Gasteiger partial charge >= 0.3 is 5.97 Å². The maximum absolute atomic E-state index is 11.6. The first kappa shape index (κ1) is 17.1. The summed E-state index contributed by atoms with van der Waals surface area (Å²) in [6.07, 6.45) is -1.86. The van der Waals surface area contributed by atoms with Gasteiger partial charge in [0, 0.05) is 12.1 Å². The smallest absolute Gasteiger partial charge is 0.349 e. The summed E-state index contributed by atoms with van der Waals surface area (Å²) < 4.78 is 17.3. The zero-order chi connectivity index (χ0) is 17.8. The van der Waals surface area contributed by atoms with Crippen LogP contribution in [0.5, 0.6) is 17.2 Å². The van der Waals surface area contributed by atoms with Crippen molar-refractivity contribution in [1.29, 1.82) is 0 Å². The summed E-state index contributed by atoms with van der Waals surface area (Å²) in [6.45, 7) is 1.34. The lowest BCUT2D eigenvalue weighted by Crippen LogP contribution is -2.39. The molecule has 6 heteroatoms. The molecule has 0 aliphatic carbocycles. The monoisotopic (exact) mass is 343 g/mol. The van der Waals surface area contributed by atoms with Crippen LogP contribution in [0.2, 0.25) is 0 Å². The summed E-state index contributed by atoms with van der Waals surface area (Å²) in [5.41, 5.74) is 0.698. The van der Waals surface area contributed by atoms with Crippen molar-refractivity contribution in [2.75, 3.05) is 27.2 Å². The minimum Gasteiger partial charge on any atom is -0.492 e. The Hall–Kier alpha value is -2.73. The van der Waals surface area contributed by atoms with Crippen LogP contribution < -0.4 is 14.2 Å². The second kappa shape index (κ2) is 7.44. The van der Waals surface area contributed by atoms with Gasteiger partial charge in [-0.3, -0.25) is 0 Å². The third-order valence-corrected chi connectivity index (χ3v) is 3.87. The third kappa shape index (κ3) is 4.03. The lowest BCUT2D eigenvalue weighted by Gasteiger charge is -2.32. The maximum atomic E-state index is 11.6. The number of carboxylic acids is 1. The van der Waals surface area contributed by atoms with Gasteiger partial charge in [-0.2, -0.15) is 0 Å². The molecule has 1 aliphatic rings. The molecule has 0 spiro atoms. The lowest BCUT2D eigenvalue weighted by molar-refractivity contribution is -0.151. The first-order valence-corrected chi connectivity index (χ1v) is 8.07. The molecule has 0 aromatic heterocycles. The Labute approximate surface area is 146 Å². The van der Waals surface area contributed by atoms with Gasteiger partial charge in [-0.05, 0) is 38.4 Å². The van der Waals surface area contributed by atoms with Crippen LogP contribution in [0, 0.1) is 0 Å². The predicted molar refractivity (Wildman–Crippen MR) is 92.4 cm³/mol. The number of carboxylic acid groups (broad SMARTS) is 1. The third-order valence-electron chi connectivity index (χ3n) is 3.87. The number of para-hydroxylation sites is 2. The molecule has 0 bridgehead atoms. The van der Waals surface area contributed by atoms with Gasteiger partial charge in [0.2, 0.25) is 6.10 Å². The summed E-state index contributed by atoms with van der Waals surface area (Å²) >= 11 is 0. The van der Waals surface area contributed by atoms with E-state index in [1.165, 1.54) is 0 Å². The van der Waals surface area contributed by atoms with Crippen molar-refractivity contribution in [2.45, 2.75) is 12.2 Å². The molecule has 2 aromatic carbocycles. The van der Waals surface area contributed by atoms with E-state index in [1.54, 1.807) is 24.3 Å². The molecule has 0 amide bonds. The zero-order valence-corrected chi connectivity index (χ0v) is 14.2. The van der Waals surface area contributed by atoms with E-state index in [2.05, 4.69) is 0 Å². The molecule has 25 heavy (non-hydrogen) atoms. The fourth-order valence-electron chi connectivity index (χ4n) is 2.59. The molecule has 1 aliphatic heterocycles. The predicted octanol–water partition coefficient (Wildman–Crippen LogP) is 2.59. The van der Waals surface area contributed by atoms with Crippen LogP contribution in [0.15, 0.2) is 48.5 Å². The van der Waals surface area contributed by atoms with Crippen molar-refractivity contribution < 1.29 is 24.1 Å². The number of aliphatic carboxylic acids is 1. The molecular weight excluding hydrogens is 322 g/mol. The summed E-state index contributed by atoms with van der Waals surface area (Å²) in [5, 5.41) is 9.53. The highest BCUT2D eigenvalue weighted by Crippen LogP contribution is 2.39. The highest BCUT2D eigenvalue weighted by Gasteiger charge is 2.38. The van der Waals surface area contributed by atoms with Crippen LogP contribution in [0.4, 0.5) is 0 Å². The number of fused-ring (bicyclic) bond motifs is 1. The Morgan fingerprint density at radius 2 is 1.84 bits per heavy atom. The number of rotatable bonds is 6. The first-order valence-electron chi connectivity index (χ1n) is 8.07. The molecule has 6 nitrogen and oxygen atoms in total. The van der Waals surface area contributed by atoms with Crippen molar-refractivity contribution in [3.8, 4) is 17.2 Å². The van der Waals surface area contributed by atoms with Crippen LogP contribution in [0.25, 0.3) is 0 Å². The van der Waals surface area contributed by atoms with Crippen LogP contribution in [0.3, 0.4) is 0 Å². The molecule has 3 rings (SSSR count). The molecule has 0 radical (unpaired) electrons. The molecule has 0 fully saturated rings. The summed E-state index contributed by atoms with van der Waals surface area (Å²) in [7, 11) is 3.95. The van der Waals surface area contributed by atoms with Crippen molar-refractivity contribution >= 4 is 5.97 Å². The minimum atomic E-state index is -1.12. The summed E-state index contributed by atoms with van der Waals surface area (Å²) in [6, 6.07) is 14.3. The van der Waals surface area contributed by atoms with Gasteiger partial charge in [-0.15, -0.1) is 0 Å². The van der Waals surface area contributed by atoms with E-state index in [-0.39, 0.29) is 0 Å². The van der Waals surface area contributed by atoms with Crippen molar-refractivity contribution in [3.63, 3.8) is 0 Å². The summed E-state index contributed by atoms with van der Waals surface area (Å²) in [5.74, 6) is 0.567. The number of carbonyl (C=O) groups is 1. The number of benzene rings is 2. The molecule has 2 aromatic rings. The van der Waals surface area contributed by atoms with Gasteiger partial charge in [0.05, 0.1) is 0 Å². The molecule has 2 unspecified atom stereocenters. The average Bonchev–Trinajstić information content (AvgIpc) is 2.60. The van der Waals surface area contributed by atoms with Crippen LogP contribution in [-0.4, -0.2) is 49.3 Å². The average molecular weight is 343 g/mol. The molecule has 2 atom stereocenters. The maximum Gasteiger partial charge on any atom is 0.349 e. The second-order valence-electron chi connectivity index (χ2n) is 6.09. The molecule has 1 N–H and O–H groups in total. The van der Waals surface area contributed by atoms with Gasteiger partial charge in [-0.25, -0.2) is 4.79 Å².